The predicted octanol–water partition coefficient (Wildman–Crippen LogP) is 6.29. The zero-order chi connectivity index (χ0) is 21.0. The number of nitrogens with two attached hydrogens (primary N) is 1. The van der Waals surface area contributed by atoms with Crippen molar-refractivity contribution in [3.63, 3.8) is 0 Å². The van der Waals surface area contributed by atoms with Crippen LogP contribution in [0.25, 0.3) is 0 Å². The molecule has 0 aromatic carbocycles. The van der Waals surface area contributed by atoms with Gasteiger partial charge in [0.1, 0.15) is 12.5 Å². The molecule has 3 atom stereocenters. The molecule has 4 N–H and O–H groups in total. The highest BCUT2D eigenvalue weighted by Crippen LogP contribution is 2.17. The molecule has 0 aromatic heterocycles. The molecule has 0 aliphatic rings. The van der Waals surface area contributed by atoms with Gasteiger partial charge in [0, 0.05) is 0 Å². The smallest absolute Gasteiger partial charge is 0.110 e. The Morgan fingerprint density at radius 3 is 1.21 bits per heavy atom. The van der Waals surface area contributed by atoms with Crippen molar-refractivity contribution in [3.05, 3.63) is 0 Å². The molecular formula is C24H52N2O2. The molecule has 4 nitrogen and oxygen atoms in total. The minimum atomic E-state index is -0.652. The average molecular weight is 401 g/mol. The fraction of sp³-hybridized carbons (Fsp3) is 1.00. The highest BCUT2D eigenvalue weighted by molar-refractivity contribution is 4.71. The Balaban J connectivity index is 3.51. The molecular weight excluding hydrogens is 348 g/mol. The van der Waals surface area contributed by atoms with Gasteiger partial charge in [0.25, 0.3) is 0 Å². The van der Waals surface area contributed by atoms with Gasteiger partial charge in [0.2, 0.25) is 0 Å². The molecule has 4 heteroatoms. The number of aliphatic hydroxyl groups is 2. The molecule has 0 amide bonds. The van der Waals surface area contributed by atoms with E-state index in [2.05, 4.69) is 6.92 Å². The van der Waals surface area contributed by atoms with Crippen molar-refractivity contribution in [2.45, 2.75) is 155 Å². The van der Waals surface area contributed by atoms with Gasteiger partial charge in [-0.1, -0.05) is 117 Å². The molecule has 28 heavy (non-hydrogen) atoms. The Labute approximate surface area is 176 Å². The highest BCUT2D eigenvalue weighted by Gasteiger charge is 2.26. The standard InChI is InChI=1S/C24H52N2O2/c1-4-7-8-9-10-11-12-13-14-15-16-17-18-19-20-21-22(25)26(23(27)5-2)24(28)6-3/h22-24,27-28H,4-21,25H2,1-3H3. The Bertz CT molecular complexity index is 305. The molecule has 0 saturated carbocycles. The zero-order valence-electron chi connectivity index (χ0n) is 19.4. The Morgan fingerprint density at radius 1 is 0.571 bits per heavy atom. The summed E-state index contributed by atoms with van der Waals surface area (Å²) < 4.78 is 0. The van der Waals surface area contributed by atoms with Gasteiger partial charge in [-0.25, -0.2) is 4.90 Å². The lowest BCUT2D eigenvalue weighted by Crippen LogP contribution is -2.53. The van der Waals surface area contributed by atoms with E-state index in [-0.39, 0.29) is 6.17 Å². The Kier molecular flexibility index (Phi) is 20.0. The maximum absolute atomic E-state index is 10.1. The van der Waals surface area contributed by atoms with Crippen LogP contribution in [-0.4, -0.2) is 33.7 Å². The fourth-order valence-corrected chi connectivity index (χ4v) is 3.94. The van der Waals surface area contributed by atoms with Crippen molar-refractivity contribution in [2.75, 3.05) is 0 Å². The van der Waals surface area contributed by atoms with E-state index in [0.717, 1.165) is 12.8 Å². The van der Waals surface area contributed by atoms with E-state index in [1.165, 1.54) is 89.9 Å². The number of unbranched alkanes of at least 4 members (excludes halogenated alkanes) is 14. The van der Waals surface area contributed by atoms with Crippen LogP contribution >= 0.6 is 0 Å². The first-order valence-electron chi connectivity index (χ1n) is 12.5. The summed E-state index contributed by atoms with van der Waals surface area (Å²) in [6.45, 7) is 6.11. The SMILES string of the molecule is CCCCCCCCCCCCCCCCCC(N)N(C(O)CC)C(O)CC. The number of hydrogen-bond acceptors (Lipinski definition) is 4. The third-order valence-corrected chi connectivity index (χ3v) is 5.90. The summed E-state index contributed by atoms with van der Waals surface area (Å²) in [6.07, 6.45) is 20.8. The maximum atomic E-state index is 10.1. The lowest BCUT2D eigenvalue weighted by atomic mass is 10.0. The average Bonchev–Trinajstić information content (AvgIpc) is 2.70. The van der Waals surface area contributed by atoms with Gasteiger partial charge in [0.05, 0.1) is 6.17 Å². The fourth-order valence-electron chi connectivity index (χ4n) is 3.94. The molecule has 0 rings (SSSR count). The van der Waals surface area contributed by atoms with Crippen molar-refractivity contribution in [1.29, 1.82) is 0 Å². The van der Waals surface area contributed by atoms with Crippen LogP contribution in [0.1, 0.15) is 136 Å². The first-order chi connectivity index (χ1) is 13.6. The van der Waals surface area contributed by atoms with Crippen LogP contribution in [0.5, 0.6) is 0 Å². The summed E-state index contributed by atoms with van der Waals surface area (Å²) in [7, 11) is 0. The molecule has 0 aromatic rings. The van der Waals surface area contributed by atoms with Crippen molar-refractivity contribution < 1.29 is 10.2 Å². The Morgan fingerprint density at radius 2 is 0.893 bits per heavy atom. The summed E-state index contributed by atoms with van der Waals surface area (Å²) >= 11 is 0. The van der Waals surface area contributed by atoms with Gasteiger partial charge in [0.15, 0.2) is 0 Å². The van der Waals surface area contributed by atoms with E-state index in [1.807, 2.05) is 13.8 Å². The molecule has 170 valence electrons. The first kappa shape index (κ1) is 27.8. The number of rotatable bonds is 21. The third kappa shape index (κ3) is 14.8. The van der Waals surface area contributed by atoms with Crippen LogP contribution in [0.15, 0.2) is 0 Å². The van der Waals surface area contributed by atoms with Gasteiger partial charge in [-0.05, 0) is 19.3 Å². The minimum Gasteiger partial charge on any atom is -0.378 e. The van der Waals surface area contributed by atoms with E-state index >= 15 is 0 Å². The molecule has 0 radical (unpaired) electrons. The summed E-state index contributed by atoms with van der Waals surface area (Å²) in [6, 6.07) is 0. The van der Waals surface area contributed by atoms with E-state index in [0.29, 0.717) is 12.8 Å². The molecule has 3 unspecified atom stereocenters. The van der Waals surface area contributed by atoms with Crippen LogP contribution in [0.2, 0.25) is 0 Å². The topological polar surface area (TPSA) is 69.7 Å². The van der Waals surface area contributed by atoms with Gasteiger partial charge >= 0.3 is 0 Å². The van der Waals surface area contributed by atoms with Crippen molar-refractivity contribution >= 4 is 0 Å². The van der Waals surface area contributed by atoms with Crippen LogP contribution in [0, 0.1) is 0 Å². The molecule has 0 heterocycles. The molecule has 0 saturated heterocycles. The van der Waals surface area contributed by atoms with E-state index in [4.69, 9.17) is 5.73 Å². The predicted molar refractivity (Wildman–Crippen MR) is 122 cm³/mol. The van der Waals surface area contributed by atoms with E-state index < -0.39 is 12.5 Å². The first-order valence-corrected chi connectivity index (χ1v) is 12.5. The largest absolute Gasteiger partial charge is 0.378 e. The van der Waals surface area contributed by atoms with Gasteiger partial charge < -0.3 is 15.9 Å². The second kappa shape index (κ2) is 20.1. The van der Waals surface area contributed by atoms with E-state index in [9.17, 15) is 10.2 Å². The summed E-state index contributed by atoms with van der Waals surface area (Å²) in [5.74, 6) is 0. The number of aliphatic hydroxyl groups excluding tert-OH is 2. The lowest BCUT2D eigenvalue weighted by molar-refractivity contribution is -0.128. The van der Waals surface area contributed by atoms with Crippen LogP contribution in [-0.2, 0) is 0 Å². The van der Waals surface area contributed by atoms with Crippen molar-refractivity contribution in [3.8, 4) is 0 Å². The lowest BCUT2D eigenvalue weighted by Gasteiger charge is -2.36. The third-order valence-electron chi connectivity index (χ3n) is 5.90. The number of hydrogen-bond donors (Lipinski definition) is 3. The minimum absolute atomic E-state index is 0.258. The second-order valence-corrected chi connectivity index (χ2v) is 8.53. The molecule has 0 fully saturated rings. The highest BCUT2D eigenvalue weighted by atomic mass is 16.3. The normalized spacial score (nSPS) is 15.1. The van der Waals surface area contributed by atoms with Gasteiger partial charge in [-0.3, -0.25) is 0 Å². The van der Waals surface area contributed by atoms with Gasteiger partial charge in [-0.15, -0.1) is 0 Å². The quantitative estimate of drug-likeness (QED) is 0.156. The summed E-state index contributed by atoms with van der Waals surface area (Å²) in [5, 5.41) is 20.2. The summed E-state index contributed by atoms with van der Waals surface area (Å²) in [5.41, 5.74) is 6.23. The Hall–Kier alpha value is -0.160. The van der Waals surface area contributed by atoms with Crippen LogP contribution in [0.4, 0.5) is 0 Å². The summed E-state index contributed by atoms with van der Waals surface area (Å²) in [4.78, 5) is 1.67. The monoisotopic (exact) mass is 400 g/mol. The molecule has 0 aliphatic heterocycles. The molecule has 0 aliphatic carbocycles. The molecule has 0 bridgehead atoms. The van der Waals surface area contributed by atoms with Gasteiger partial charge in [-0.2, -0.15) is 0 Å². The number of nitrogens with zero attached hydrogens (tertiary/aromatic N) is 1. The van der Waals surface area contributed by atoms with Crippen LogP contribution < -0.4 is 5.73 Å². The zero-order valence-corrected chi connectivity index (χ0v) is 19.4. The molecule has 0 spiro atoms. The van der Waals surface area contributed by atoms with Crippen LogP contribution in [0.3, 0.4) is 0 Å². The van der Waals surface area contributed by atoms with E-state index in [1.54, 1.807) is 4.90 Å². The second-order valence-electron chi connectivity index (χ2n) is 8.53. The van der Waals surface area contributed by atoms with Crippen molar-refractivity contribution in [2.24, 2.45) is 5.73 Å². The van der Waals surface area contributed by atoms with Crippen molar-refractivity contribution in [1.82, 2.24) is 4.90 Å². The maximum Gasteiger partial charge on any atom is 0.110 e.